The Morgan fingerprint density at radius 3 is 1.75 bits per heavy atom. The molecule has 0 N–H and O–H groups in total. The molecular weight excluding hydrogens is 146 g/mol. The largest absolute Gasteiger partial charge is 0.301 e. The summed E-state index contributed by atoms with van der Waals surface area (Å²) >= 11 is 0. The first-order valence-corrected chi connectivity index (χ1v) is 4.96. The van der Waals surface area contributed by atoms with Gasteiger partial charge in [0, 0.05) is 12.1 Å². The molecule has 0 saturated carbocycles. The maximum Gasteiger partial charge on any atom is 0.0122 e. The number of hydrogen-bond acceptors (Lipinski definition) is 1. The SMILES string of the molecule is CC(C)[C@H](C)CN(C)C(C)(C)C. The highest BCUT2D eigenvalue weighted by Gasteiger charge is 2.19. The van der Waals surface area contributed by atoms with Crippen LogP contribution in [0, 0.1) is 11.8 Å². The lowest BCUT2D eigenvalue weighted by Crippen LogP contribution is -2.41. The van der Waals surface area contributed by atoms with Crippen LogP contribution in [-0.2, 0) is 0 Å². The first-order chi connectivity index (χ1) is 5.25. The van der Waals surface area contributed by atoms with Crippen molar-refractivity contribution in [3.8, 4) is 0 Å². The van der Waals surface area contributed by atoms with Gasteiger partial charge in [0.2, 0.25) is 0 Å². The molecule has 0 fully saturated rings. The lowest BCUT2D eigenvalue weighted by molar-refractivity contribution is 0.139. The normalized spacial score (nSPS) is 15.8. The van der Waals surface area contributed by atoms with Gasteiger partial charge in [-0.25, -0.2) is 0 Å². The van der Waals surface area contributed by atoms with Crippen LogP contribution in [0.15, 0.2) is 0 Å². The zero-order valence-corrected chi connectivity index (χ0v) is 9.81. The van der Waals surface area contributed by atoms with E-state index in [-0.39, 0.29) is 0 Å². The van der Waals surface area contributed by atoms with Crippen LogP contribution >= 0.6 is 0 Å². The number of hydrogen-bond donors (Lipinski definition) is 0. The maximum atomic E-state index is 2.43. The first-order valence-electron chi connectivity index (χ1n) is 4.96. The highest BCUT2D eigenvalue weighted by molar-refractivity contribution is 4.75. The molecule has 74 valence electrons. The van der Waals surface area contributed by atoms with Crippen LogP contribution in [0.5, 0.6) is 0 Å². The Bertz CT molecular complexity index is 121. The zero-order chi connectivity index (χ0) is 9.94. The van der Waals surface area contributed by atoms with Gasteiger partial charge in [-0.15, -0.1) is 0 Å². The molecule has 0 radical (unpaired) electrons. The van der Waals surface area contributed by atoms with Crippen LogP contribution in [0.1, 0.15) is 41.5 Å². The molecule has 0 spiro atoms. The van der Waals surface area contributed by atoms with Crippen LogP contribution in [0.3, 0.4) is 0 Å². The minimum Gasteiger partial charge on any atom is -0.301 e. The van der Waals surface area contributed by atoms with Gasteiger partial charge < -0.3 is 4.90 Å². The maximum absolute atomic E-state index is 2.43. The quantitative estimate of drug-likeness (QED) is 0.631. The first kappa shape index (κ1) is 12.0. The predicted molar refractivity (Wildman–Crippen MR) is 56.4 cm³/mol. The van der Waals surface area contributed by atoms with Crippen LogP contribution in [0.25, 0.3) is 0 Å². The van der Waals surface area contributed by atoms with Gasteiger partial charge in [-0.2, -0.15) is 0 Å². The van der Waals surface area contributed by atoms with E-state index in [1.807, 2.05) is 0 Å². The molecule has 0 unspecified atom stereocenters. The summed E-state index contributed by atoms with van der Waals surface area (Å²) in [5.41, 5.74) is 0.309. The summed E-state index contributed by atoms with van der Waals surface area (Å²) in [5, 5.41) is 0. The van der Waals surface area contributed by atoms with Gasteiger partial charge >= 0.3 is 0 Å². The molecule has 0 aromatic heterocycles. The van der Waals surface area contributed by atoms with E-state index >= 15 is 0 Å². The van der Waals surface area contributed by atoms with Crippen molar-refractivity contribution in [1.82, 2.24) is 4.90 Å². The van der Waals surface area contributed by atoms with Gasteiger partial charge in [0.1, 0.15) is 0 Å². The molecule has 0 aliphatic heterocycles. The summed E-state index contributed by atoms with van der Waals surface area (Å²) in [6, 6.07) is 0. The Kier molecular flexibility index (Phi) is 4.25. The van der Waals surface area contributed by atoms with E-state index in [9.17, 15) is 0 Å². The van der Waals surface area contributed by atoms with Crippen LogP contribution < -0.4 is 0 Å². The molecule has 0 rings (SSSR count). The Balaban J connectivity index is 3.93. The van der Waals surface area contributed by atoms with Gasteiger partial charge in [-0.3, -0.25) is 0 Å². The molecule has 12 heavy (non-hydrogen) atoms. The van der Waals surface area contributed by atoms with Crippen molar-refractivity contribution in [2.75, 3.05) is 13.6 Å². The number of rotatable bonds is 3. The van der Waals surface area contributed by atoms with Crippen molar-refractivity contribution in [1.29, 1.82) is 0 Å². The van der Waals surface area contributed by atoms with Gasteiger partial charge in [-0.05, 0) is 39.7 Å². The van der Waals surface area contributed by atoms with Crippen LogP contribution in [-0.4, -0.2) is 24.0 Å². The third kappa shape index (κ3) is 4.10. The van der Waals surface area contributed by atoms with E-state index in [0.29, 0.717) is 5.54 Å². The highest BCUT2D eigenvalue weighted by Crippen LogP contribution is 2.16. The molecular formula is C11H25N. The average Bonchev–Trinajstić information content (AvgIpc) is 1.85. The zero-order valence-electron chi connectivity index (χ0n) is 9.81. The predicted octanol–water partition coefficient (Wildman–Crippen LogP) is 3.01. The summed E-state index contributed by atoms with van der Waals surface area (Å²) in [5.74, 6) is 1.57. The molecule has 0 aromatic rings. The third-order valence-electron chi connectivity index (χ3n) is 2.85. The third-order valence-corrected chi connectivity index (χ3v) is 2.85. The second-order valence-corrected chi connectivity index (χ2v) is 5.27. The van der Waals surface area contributed by atoms with Crippen molar-refractivity contribution in [3.63, 3.8) is 0 Å². The van der Waals surface area contributed by atoms with Crippen LogP contribution in [0.2, 0.25) is 0 Å². The summed E-state index contributed by atoms with van der Waals surface area (Å²) in [7, 11) is 2.21. The molecule has 0 aliphatic rings. The summed E-state index contributed by atoms with van der Waals surface area (Å²) in [6.45, 7) is 14.9. The monoisotopic (exact) mass is 171 g/mol. The summed E-state index contributed by atoms with van der Waals surface area (Å²) < 4.78 is 0. The molecule has 1 nitrogen and oxygen atoms in total. The van der Waals surface area contributed by atoms with Crippen molar-refractivity contribution in [3.05, 3.63) is 0 Å². The minimum absolute atomic E-state index is 0.309. The fourth-order valence-electron chi connectivity index (χ4n) is 0.917. The molecule has 0 saturated heterocycles. The lowest BCUT2D eigenvalue weighted by Gasteiger charge is -2.34. The molecule has 1 atom stereocenters. The van der Waals surface area contributed by atoms with E-state index in [2.05, 4.69) is 53.5 Å². The smallest absolute Gasteiger partial charge is 0.0122 e. The molecule has 0 bridgehead atoms. The summed E-state index contributed by atoms with van der Waals surface area (Å²) in [4.78, 5) is 2.43. The Hall–Kier alpha value is -0.0400. The Labute approximate surface area is 78.1 Å². The molecule has 1 heteroatoms. The van der Waals surface area contributed by atoms with Gasteiger partial charge in [0.15, 0.2) is 0 Å². The van der Waals surface area contributed by atoms with E-state index < -0.39 is 0 Å². The van der Waals surface area contributed by atoms with Gasteiger partial charge in [-0.1, -0.05) is 20.8 Å². The Morgan fingerprint density at radius 1 is 1.08 bits per heavy atom. The van der Waals surface area contributed by atoms with Crippen molar-refractivity contribution >= 4 is 0 Å². The standard InChI is InChI=1S/C11H25N/c1-9(2)10(3)8-12(7)11(4,5)6/h9-10H,8H2,1-7H3/t10-/m1/s1. The average molecular weight is 171 g/mol. The minimum atomic E-state index is 0.309. The van der Waals surface area contributed by atoms with Gasteiger partial charge in [0.05, 0.1) is 0 Å². The topological polar surface area (TPSA) is 3.24 Å². The number of nitrogens with zero attached hydrogens (tertiary/aromatic N) is 1. The second-order valence-electron chi connectivity index (χ2n) is 5.27. The Morgan fingerprint density at radius 2 is 1.50 bits per heavy atom. The fraction of sp³-hybridized carbons (Fsp3) is 1.00. The van der Waals surface area contributed by atoms with Crippen molar-refractivity contribution in [2.24, 2.45) is 11.8 Å². The van der Waals surface area contributed by atoms with Gasteiger partial charge in [0.25, 0.3) is 0 Å². The van der Waals surface area contributed by atoms with E-state index in [0.717, 1.165) is 11.8 Å². The molecule has 0 aromatic carbocycles. The second kappa shape index (κ2) is 4.27. The molecule has 0 aliphatic carbocycles. The van der Waals surface area contributed by atoms with Crippen molar-refractivity contribution < 1.29 is 0 Å². The van der Waals surface area contributed by atoms with E-state index in [1.54, 1.807) is 0 Å². The van der Waals surface area contributed by atoms with Crippen molar-refractivity contribution in [2.45, 2.75) is 47.1 Å². The van der Waals surface area contributed by atoms with Crippen LogP contribution in [0.4, 0.5) is 0 Å². The molecule has 0 heterocycles. The van der Waals surface area contributed by atoms with E-state index in [4.69, 9.17) is 0 Å². The summed E-state index contributed by atoms with van der Waals surface area (Å²) in [6.07, 6.45) is 0. The molecule has 0 amide bonds. The highest BCUT2D eigenvalue weighted by atomic mass is 15.2. The van der Waals surface area contributed by atoms with E-state index in [1.165, 1.54) is 6.54 Å². The fourth-order valence-corrected chi connectivity index (χ4v) is 0.917. The lowest BCUT2D eigenvalue weighted by atomic mass is 9.95.